The molecule has 0 radical (unpaired) electrons. The number of nitrogens with one attached hydrogen (secondary N) is 1. The van der Waals surface area contributed by atoms with E-state index in [1.165, 1.54) is 10.7 Å². The van der Waals surface area contributed by atoms with E-state index in [0.29, 0.717) is 11.3 Å². The van der Waals surface area contributed by atoms with Gasteiger partial charge in [-0.25, -0.2) is 17.8 Å². The third kappa shape index (κ3) is 4.50. The fourth-order valence-electron chi connectivity index (χ4n) is 2.84. The molecular formula is C20H21N3O3S. The first-order valence-corrected chi connectivity index (χ1v) is 10.1. The molecule has 0 aliphatic rings. The molecule has 0 spiro atoms. The Balaban J connectivity index is 1.74. The summed E-state index contributed by atoms with van der Waals surface area (Å²) < 4.78 is 28.8. The van der Waals surface area contributed by atoms with Crippen molar-refractivity contribution in [2.75, 3.05) is 6.54 Å². The van der Waals surface area contributed by atoms with Gasteiger partial charge < -0.3 is 0 Å². The fraction of sp³-hybridized carbons (Fsp3) is 0.200. The van der Waals surface area contributed by atoms with Crippen LogP contribution in [0, 0.1) is 13.8 Å². The Bertz CT molecular complexity index is 1110. The summed E-state index contributed by atoms with van der Waals surface area (Å²) in [5.41, 5.74) is 2.96. The summed E-state index contributed by atoms with van der Waals surface area (Å²) in [7, 11) is -3.65. The van der Waals surface area contributed by atoms with Crippen LogP contribution in [0.2, 0.25) is 0 Å². The van der Waals surface area contributed by atoms with Crippen LogP contribution >= 0.6 is 0 Å². The molecule has 1 heterocycles. The third-order valence-electron chi connectivity index (χ3n) is 4.17. The standard InChI is InChI=1S/C20H21N3O3S/c1-15-8-10-19(16(2)14-15)27(25,26)21-12-13-23-20(24)11-9-18(22-23)17-6-4-3-5-7-17/h3-11,14,21H,12-13H2,1-2H3. The van der Waals surface area contributed by atoms with Crippen molar-refractivity contribution in [2.24, 2.45) is 0 Å². The van der Waals surface area contributed by atoms with E-state index in [1.807, 2.05) is 43.3 Å². The summed E-state index contributed by atoms with van der Waals surface area (Å²) in [4.78, 5) is 12.3. The van der Waals surface area contributed by atoms with Gasteiger partial charge in [-0.15, -0.1) is 0 Å². The fourth-order valence-corrected chi connectivity index (χ4v) is 4.08. The summed E-state index contributed by atoms with van der Waals surface area (Å²) in [6, 6.07) is 17.8. The Labute approximate surface area is 158 Å². The molecule has 0 bridgehead atoms. The second-order valence-electron chi connectivity index (χ2n) is 6.31. The average molecular weight is 383 g/mol. The molecule has 6 nitrogen and oxygen atoms in total. The van der Waals surface area contributed by atoms with E-state index in [1.54, 1.807) is 25.1 Å². The first kappa shape index (κ1) is 19.0. The van der Waals surface area contributed by atoms with Crippen LogP contribution in [-0.2, 0) is 16.6 Å². The highest BCUT2D eigenvalue weighted by molar-refractivity contribution is 7.89. The highest BCUT2D eigenvalue weighted by atomic mass is 32.2. The van der Waals surface area contributed by atoms with Crippen LogP contribution in [0.15, 0.2) is 70.4 Å². The lowest BCUT2D eigenvalue weighted by molar-refractivity contribution is 0.548. The van der Waals surface area contributed by atoms with Gasteiger partial charge in [0, 0.05) is 18.2 Å². The van der Waals surface area contributed by atoms with Crippen molar-refractivity contribution >= 4 is 10.0 Å². The summed E-state index contributed by atoms with van der Waals surface area (Å²) >= 11 is 0. The zero-order valence-corrected chi connectivity index (χ0v) is 16.0. The highest BCUT2D eigenvalue weighted by Crippen LogP contribution is 2.16. The number of hydrogen-bond acceptors (Lipinski definition) is 4. The molecule has 0 saturated carbocycles. The van der Waals surface area contributed by atoms with Crippen molar-refractivity contribution in [2.45, 2.75) is 25.3 Å². The van der Waals surface area contributed by atoms with Crippen molar-refractivity contribution < 1.29 is 8.42 Å². The summed E-state index contributed by atoms with van der Waals surface area (Å²) in [5.74, 6) is 0. The van der Waals surface area contributed by atoms with Crippen molar-refractivity contribution in [1.82, 2.24) is 14.5 Å². The van der Waals surface area contributed by atoms with Gasteiger partial charge in [-0.3, -0.25) is 4.79 Å². The number of rotatable bonds is 6. The van der Waals surface area contributed by atoms with Crippen LogP contribution < -0.4 is 10.3 Å². The minimum absolute atomic E-state index is 0.0702. The van der Waals surface area contributed by atoms with Gasteiger partial charge in [-0.05, 0) is 31.5 Å². The third-order valence-corrected chi connectivity index (χ3v) is 5.79. The number of aromatic nitrogens is 2. The predicted octanol–water partition coefficient (Wildman–Crippen LogP) is 2.51. The number of benzene rings is 2. The zero-order valence-electron chi connectivity index (χ0n) is 15.2. The number of sulfonamides is 1. The van der Waals surface area contributed by atoms with E-state index in [0.717, 1.165) is 11.1 Å². The maximum atomic E-state index is 12.5. The molecule has 0 amide bonds. The first-order chi connectivity index (χ1) is 12.9. The Kier molecular flexibility index (Phi) is 5.53. The monoisotopic (exact) mass is 383 g/mol. The minimum atomic E-state index is -3.65. The van der Waals surface area contributed by atoms with Crippen LogP contribution in [-0.4, -0.2) is 24.7 Å². The van der Waals surface area contributed by atoms with Crippen molar-refractivity contribution in [1.29, 1.82) is 0 Å². The number of aryl methyl sites for hydroxylation is 2. The molecule has 2 aromatic carbocycles. The first-order valence-electron chi connectivity index (χ1n) is 8.57. The Morgan fingerprint density at radius 3 is 2.44 bits per heavy atom. The van der Waals surface area contributed by atoms with Crippen molar-refractivity contribution in [3.63, 3.8) is 0 Å². The molecule has 0 atom stereocenters. The Morgan fingerprint density at radius 2 is 1.74 bits per heavy atom. The van der Waals surface area contributed by atoms with Gasteiger partial charge in [0.25, 0.3) is 5.56 Å². The van der Waals surface area contributed by atoms with E-state index in [-0.39, 0.29) is 23.5 Å². The minimum Gasteiger partial charge on any atom is -0.268 e. The predicted molar refractivity (Wildman–Crippen MR) is 105 cm³/mol. The second kappa shape index (κ2) is 7.85. The summed E-state index contributed by atoms with van der Waals surface area (Å²) in [6.45, 7) is 3.88. The van der Waals surface area contributed by atoms with E-state index >= 15 is 0 Å². The van der Waals surface area contributed by atoms with Crippen LogP contribution in [0.4, 0.5) is 0 Å². The largest absolute Gasteiger partial charge is 0.268 e. The summed E-state index contributed by atoms with van der Waals surface area (Å²) in [6.07, 6.45) is 0. The molecule has 0 unspecified atom stereocenters. The van der Waals surface area contributed by atoms with E-state index in [4.69, 9.17) is 0 Å². The van der Waals surface area contributed by atoms with Crippen LogP contribution in [0.25, 0.3) is 11.3 Å². The van der Waals surface area contributed by atoms with Crippen LogP contribution in [0.5, 0.6) is 0 Å². The molecule has 3 rings (SSSR count). The Morgan fingerprint density at radius 1 is 1.00 bits per heavy atom. The molecule has 0 aliphatic heterocycles. The smallest absolute Gasteiger partial charge is 0.266 e. The van der Waals surface area contributed by atoms with Gasteiger partial charge in [0.2, 0.25) is 10.0 Å². The molecule has 7 heteroatoms. The van der Waals surface area contributed by atoms with Gasteiger partial charge in [0.1, 0.15) is 0 Å². The lowest BCUT2D eigenvalue weighted by Gasteiger charge is -2.11. The number of nitrogens with zero attached hydrogens (tertiary/aromatic N) is 2. The van der Waals surface area contributed by atoms with Crippen molar-refractivity contribution in [3.8, 4) is 11.3 Å². The molecule has 0 aliphatic carbocycles. The maximum absolute atomic E-state index is 12.5. The normalized spacial score (nSPS) is 11.5. The SMILES string of the molecule is Cc1ccc(S(=O)(=O)NCCn2nc(-c3ccccc3)ccc2=O)c(C)c1. The number of hydrogen-bond donors (Lipinski definition) is 1. The topological polar surface area (TPSA) is 81.1 Å². The zero-order chi connectivity index (χ0) is 19.4. The summed E-state index contributed by atoms with van der Waals surface area (Å²) in [5, 5.41) is 4.33. The molecule has 1 N–H and O–H groups in total. The average Bonchev–Trinajstić information content (AvgIpc) is 2.63. The molecule has 27 heavy (non-hydrogen) atoms. The van der Waals surface area contributed by atoms with Crippen LogP contribution in [0.3, 0.4) is 0 Å². The molecule has 140 valence electrons. The highest BCUT2D eigenvalue weighted by Gasteiger charge is 2.16. The molecular weight excluding hydrogens is 362 g/mol. The van der Waals surface area contributed by atoms with Gasteiger partial charge in [0.05, 0.1) is 17.1 Å². The van der Waals surface area contributed by atoms with Gasteiger partial charge in [-0.2, -0.15) is 5.10 Å². The lowest BCUT2D eigenvalue weighted by atomic mass is 10.1. The van der Waals surface area contributed by atoms with Gasteiger partial charge in [-0.1, -0.05) is 48.0 Å². The van der Waals surface area contributed by atoms with Crippen molar-refractivity contribution in [3.05, 3.63) is 82.1 Å². The second-order valence-corrected chi connectivity index (χ2v) is 8.05. The van der Waals surface area contributed by atoms with Gasteiger partial charge >= 0.3 is 0 Å². The van der Waals surface area contributed by atoms with Gasteiger partial charge in [0.15, 0.2) is 0 Å². The molecule has 1 aromatic heterocycles. The molecule has 3 aromatic rings. The van der Waals surface area contributed by atoms with Crippen LogP contribution in [0.1, 0.15) is 11.1 Å². The molecule has 0 saturated heterocycles. The molecule has 0 fully saturated rings. The van der Waals surface area contributed by atoms with E-state index in [2.05, 4.69) is 9.82 Å². The van der Waals surface area contributed by atoms with E-state index in [9.17, 15) is 13.2 Å². The van der Waals surface area contributed by atoms with E-state index < -0.39 is 10.0 Å². The Hall–Kier alpha value is -2.77. The quantitative estimate of drug-likeness (QED) is 0.709. The maximum Gasteiger partial charge on any atom is 0.266 e. The lowest BCUT2D eigenvalue weighted by Crippen LogP contribution is -2.32.